The van der Waals surface area contributed by atoms with Crippen LogP contribution in [0.2, 0.25) is 0 Å². The number of hydrogen-bond acceptors (Lipinski definition) is 4. The van der Waals surface area contributed by atoms with E-state index < -0.39 is 6.04 Å². The zero-order chi connectivity index (χ0) is 12.8. The lowest BCUT2D eigenvalue weighted by Crippen LogP contribution is -2.41. The molecule has 100 valence electrons. The fourth-order valence-electron chi connectivity index (χ4n) is 2.15. The summed E-state index contributed by atoms with van der Waals surface area (Å²) in [4.78, 5) is 11.8. The second-order valence-corrected chi connectivity index (χ2v) is 4.99. The van der Waals surface area contributed by atoms with Crippen molar-refractivity contribution < 1.29 is 14.3 Å². The Morgan fingerprint density at radius 1 is 1.41 bits per heavy atom. The normalized spacial score (nSPS) is 28.5. The molecule has 1 aliphatic carbocycles. The van der Waals surface area contributed by atoms with Gasteiger partial charge in [-0.05, 0) is 25.2 Å². The van der Waals surface area contributed by atoms with E-state index in [1.54, 1.807) is 7.11 Å². The summed E-state index contributed by atoms with van der Waals surface area (Å²) in [5.41, 5.74) is 5.85. The molecule has 4 atom stereocenters. The summed E-state index contributed by atoms with van der Waals surface area (Å²) in [6.07, 6.45) is 4.94. The Labute approximate surface area is 104 Å². The van der Waals surface area contributed by atoms with Crippen molar-refractivity contribution in [3.05, 3.63) is 0 Å². The average Bonchev–Trinajstić information content (AvgIpc) is 2.37. The van der Waals surface area contributed by atoms with Gasteiger partial charge in [0.25, 0.3) is 0 Å². The zero-order valence-corrected chi connectivity index (χ0v) is 11.1. The number of carbonyl (C=O) groups excluding carboxylic acids is 1. The Kier molecular flexibility index (Phi) is 5.92. The Morgan fingerprint density at radius 2 is 2.06 bits per heavy atom. The smallest absolute Gasteiger partial charge is 0.323 e. The maximum atomic E-state index is 11.8. The highest BCUT2D eigenvalue weighted by molar-refractivity contribution is 5.76. The van der Waals surface area contributed by atoms with Gasteiger partial charge in [-0.15, -0.1) is 0 Å². The van der Waals surface area contributed by atoms with Gasteiger partial charge in [0, 0.05) is 13.5 Å². The molecule has 0 heterocycles. The second-order valence-electron chi connectivity index (χ2n) is 4.99. The predicted molar refractivity (Wildman–Crippen MR) is 66.6 cm³/mol. The van der Waals surface area contributed by atoms with Crippen LogP contribution in [-0.2, 0) is 14.3 Å². The Hall–Kier alpha value is -0.610. The van der Waals surface area contributed by atoms with E-state index in [2.05, 4.69) is 0 Å². The molecular weight excluding hydrogens is 218 g/mol. The van der Waals surface area contributed by atoms with Gasteiger partial charge in [0.1, 0.15) is 12.1 Å². The van der Waals surface area contributed by atoms with Crippen LogP contribution in [0.15, 0.2) is 0 Å². The highest BCUT2D eigenvalue weighted by atomic mass is 16.5. The number of methoxy groups -OCH3 is 1. The highest BCUT2D eigenvalue weighted by Gasteiger charge is 2.28. The first-order valence-corrected chi connectivity index (χ1v) is 6.57. The molecule has 4 unspecified atom stereocenters. The summed E-state index contributed by atoms with van der Waals surface area (Å²) in [6.45, 7) is 4.00. The van der Waals surface area contributed by atoms with Crippen LogP contribution < -0.4 is 5.73 Å². The van der Waals surface area contributed by atoms with Gasteiger partial charge in [0.2, 0.25) is 0 Å². The summed E-state index contributed by atoms with van der Waals surface area (Å²) in [5.74, 6) is -0.0922. The maximum Gasteiger partial charge on any atom is 0.323 e. The SMILES string of the molecule is CCC(C)C(N)C(=O)OC1CCCC(OC)C1. The summed E-state index contributed by atoms with van der Waals surface area (Å²) < 4.78 is 10.8. The van der Waals surface area contributed by atoms with Crippen LogP contribution in [-0.4, -0.2) is 31.3 Å². The number of rotatable bonds is 5. The Bertz CT molecular complexity index is 245. The molecule has 4 nitrogen and oxygen atoms in total. The van der Waals surface area contributed by atoms with E-state index in [0.29, 0.717) is 0 Å². The second kappa shape index (κ2) is 6.97. The highest BCUT2D eigenvalue weighted by Crippen LogP contribution is 2.23. The monoisotopic (exact) mass is 243 g/mol. The molecule has 1 saturated carbocycles. The molecule has 0 aliphatic heterocycles. The molecule has 0 amide bonds. The van der Waals surface area contributed by atoms with Crippen LogP contribution in [0.5, 0.6) is 0 Å². The van der Waals surface area contributed by atoms with Gasteiger partial charge in [-0.25, -0.2) is 0 Å². The van der Waals surface area contributed by atoms with Crippen molar-refractivity contribution in [1.29, 1.82) is 0 Å². The lowest BCUT2D eigenvalue weighted by molar-refractivity contribution is -0.155. The van der Waals surface area contributed by atoms with Crippen molar-refractivity contribution in [1.82, 2.24) is 0 Å². The Balaban J connectivity index is 2.40. The van der Waals surface area contributed by atoms with Gasteiger partial charge < -0.3 is 15.2 Å². The molecule has 17 heavy (non-hydrogen) atoms. The van der Waals surface area contributed by atoms with Gasteiger partial charge in [-0.2, -0.15) is 0 Å². The molecule has 0 aromatic carbocycles. The van der Waals surface area contributed by atoms with E-state index in [4.69, 9.17) is 15.2 Å². The topological polar surface area (TPSA) is 61.6 Å². The number of hydrogen-bond donors (Lipinski definition) is 1. The number of nitrogens with two attached hydrogens (primary N) is 1. The van der Waals surface area contributed by atoms with Crippen molar-refractivity contribution in [3.8, 4) is 0 Å². The standard InChI is InChI=1S/C13H25NO3/c1-4-9(2)12(14)13(15)17-11-7-5-6-10(8-11)16-3/h9-12H,4-8,14H2,1-3H3. The third-order valence-electron chi connectivity index (χ3n) is 3.72. The molecule has 0 radical (unpaired) electrons. The fraction of sp³-hybridized carbons (Fsp3) is 0.923. The third kappa shape index (κ3) is 4.28. The summed E-state index contributed by atoms with van der Waals surface area (Å²) in [7, 11) is 1.71. The van der Waals surface area contributed by atoms with Gasteiger partial charge in [-0.3, -0.25) is 4.79 Å². The van der Waals surface area contributed by atoms with Crippen LogP contribution >= 0.6 is 0 Å². The molecule has 4 heteroatoms. The lowest BCUT2D eigenvalue weighted by atomic mass is 9.94. The van der Waals surface area contributed by atoms with E-state index in [0.717, 1.165) is 32.1 Å². The van der Waals surface area contributed by atoms with Crippen molar-refractivity contribution >= 4 is 5.97 Å². The number of esters is 1. The minimum atomic E-state index is -0.497. The number of ether oxygens (including phenoxy) is 2. The maximum absolute atomic E-state index is 11.8. The van der Waals surface area contributed by atoms with E-state index in [1.165, 1.54) is 0 Å². The van der Waals surface area contributed by atoms with E-state index >= 15 is 0 Å². The van der Waals surface area contributed by atoms with Crippen molar-refractivity contribution in [2.24, 2.45) is 11.7 Å². The quantitative estimate of drug-likeness (QED) is 0.749. The first-order valence-electron chi connectivity index (χ1n) is 6.57. The first kappa shape index (κ1) is 14.5. The van der Waals surface area contributed by atoms with Crippen LogP contribution in [0.4, 0.5) is 0 Å². The van der Waals surface area contributed by atoms with Crippen molar-refractivity contribution in [2.75, 3.05) is 7.11 Å². The molecule has 1 rings (SSSR count). The van der Waals surface area contributed by atoms with Crippen LogP contribution in [0.3, 0.4) is 0 Å². The van der Waals surface area contributed by atoms with Gasteiger partial charge in [0.15, 0.2) is 0 Å². The van der Waals surface area contributed by atoms with Crippen molar-refractivity contribution in [2.45, 2.75) is 64.2 Å². The minimum absolute atomic E-state index is 0.0173. The minimum Gasteiger partial charge on any atom is -0.461 e. The summed E-state index contributed by atoms with van der Waals surface area (Å²) >= 11 is 0. The molecule has 1 fully saturated rings. The average molecular weight is 243 g/mol. The summed E-state index contributed by atoms with van der Waals surface area (Å²) in [5, 5.41) is 0. The zero-order valence-electron chi connectivity index (χ0n) is 11.1. The molecular formula is C13H25NO3. The van der Waals surface area contributed by atoms with Crippen molar-refractivity contribution in [3.63, 3.8) is 0 Å². The van der Waals surface area contributed by atoms with E-state index in [1.807, 2.05) is 13.8 Å². The van der Waals surface area contributed by atoms with Gasteiger partial charge in [-0.1, -0.05) is 20.3 Å². The molecule has 1 aliphatic rings. The lowest BCUT2D eigenvalue weighted by Gasteiger charge is -2.29. The Morgan fingerprint density at radius 3 is 2.65 bits per heavy atom. The first-order chi connectivity index (χ1) is 8.08. The van der Waals surface area contributed by atoms with Crippen LogP contribution in [0, 0.1) is 5.92 Å². The van der Waals surface area contributed by atoms with Gasteiger partial charge in [0.05, 0.1) is 6.10 Å². The summed E-state index contributed by atoms with van der Waals surface area (Å²) in [6, 6.07) is -0.497. The van der Waals surface area contributed by atoms with Crippen LogP contribution in [0.1, 0.15) is 46.0 Å². The molecule has 0 bridgehead atoms. The largest absolute Gasteiger partial charge is 0.461 e. The number of carbonyl (C=O) groups is 1. The van der Waals surface area contributed by atoms with Gasteiger partial charge >= 0.3 is 5.97 Å². The molecule has 0 saturated heterocycles. The third-order valence-corrected chi connectivity index (χ3v) is 3.72. The molecule has 2 N–H and O–H groups in total. The van der Waals surface area contributed by atoms with E-state index in [-0.39, 0.29) is 24.1 Å². The molecule has 0 spiro atoms. The fourth-order valence-corrected chi connectivity index (χ4v) is 2.15. The molecule has 0 aromatic rings. The van der Waals surface area contributed by atoms with Crippen LogP contribution in [0.25, 0.3) is 0 Å². The predicted octanol–water partition coefficient (Wildman–Crippen LogP) is 1.86. The van der Waals surface area contributed by atoms with E-state index in [9.17, 15) is 4.79 Å². The molecule has 0 aromatic heterocycles.